The molecule has 17 heavy (non-hydrogen) atoms. The van der Waals surface area contributed by atoms with Crippen molar-refractivity contribution in [1.82, 2.24) is 0 Å². The molecule has 0 aliphatic carbocycles. The highest BCUT2D eigenvalue weighted by molar-refractivity contribution is 5.29. The van der Waals surface area contributed by atoms with E-state index in [2.05, 4.69) is 61.5 Å². The molecule has 0 aliphatic heterocycles. The highest BCUT2D eigenvalue weighted by Crippen LogP contribution is 2.11. The summed E-state index contributed by atoms with van der Waals surface area (Å²) in [6.45, 7) is 6.20. The number of aryl methyl sites for hydroxylation is 1. The molecule has 0 spiro atoms. The van der Waals surface area contributed by atoms with Crippen molar-refractivity contribution < 1.29 is 0 Å². The van der Waals surface area contributed by atoms with Gasteiger partial charge in [-0.25, -0.2) is 0 Å². The normalized spacial score (nSPS) is 9.35. The lowest BCUT2D eigenvalue weighted by Crippen LogP contribution is -1.89. The van der Waals surface area contributed by atoms with Gasteiger partial charge in [0.25, 0.3) is 0 Å². The number of rotatable bonds is 3. The van der Waals surface area contributed by atoms with Crippen LogP contribution in [0.5, 0.6) is 0 Å². The van der Waals surface area contributed by atoms with Crippen molar-refractivity contribution in [3.8, 4) is 0 Å². The Kier molecular flexibility index (Phi) is 6.09. The van der Waals surface area contributed by atoms with Gasteiger partial charge in [0.05, 0.1) is 0 Å². The van der Waals surface area contributed by atoms with Crippen LogP contribution in [-0.4, -0.2) is 0 Å². The Hall–Kier alpha value is -1.56. The Bertz CT molecular complexity index is 415. The molecule has 0 radical (unpaired) electrons. The molecule has 2 rings (SSSR count). The van der Waals surface area contributed by atoms with Crippen LogP contribution in [0, 0.1) is 0 Å². The lowest BCUT2D eigenvalue weighted by atomic mass is 10.0. The molecule has 0 amide bonds. The average Bonchev–Trinajstić information content (AvgIpc) is 2.42. The molecule has 0 fully saturated rings. The smallest absolute Gasteiger partial charge is 0.00257 e. The number of hydrogen-bond acceptors (Lipinski definition) is 0. The molecule has 2 aromatic rings. The minimum Gasteiger partial charge on any atom is -0.0683 e. The summed E-state index contributed by atoms with van der Waals surface area (Å²) in [7, 11) is 0. The lowest BCUT2D eigenvalue weighted by Gasteiger charge is -2.03. The van der Waals surface area contributed by atoms with Gasteiger partial charge in [-0.2, -0.15) is 0 Å². The van der Waals surface area contributed by atoms with E-state index in [0.717, 1.165) is 12.8 Å². The van der Waals surface area contributed by atoms with Crippen molar-refractivity contribution in [3.63, 3.8) is 0 Å². The SMILES string of the molecule is CC.CCc1cccc(Cc2ccccc2)c1. The van der Waals surface area contributed by atoms with E-state index in [1.54, 1.807) is 0 Å². The van der Waals surface area contributed by atoms with E-state index in [1.165, 1.54) is 16.7 Å². The quantitative estimate of drug-likeness (QED) is 0.700. The summed E-state index contributed by atoms with van der Waals surface area (Å²) in [6.07, 6.45) is 2.15. The van der Waals surface area contributed by atoms with Gasteiger partial charge in [0.15, 0.2) is 0 Å². The van der Waals surface area contributed by atoms with Crippen LogP contribution in [0.1, 0.15) is 37.5 Å². The van der Waals surface area contributed by atoms with Crippen LogP contribution in [0.3, 0.4) is 0 Å². The molecule has 0 heterocycles. The van der Waals surface area contributed by atoms with E-state index in [1.807, 2.05) is 13.8 Å². The predicted molar refractivity (Wildman–Crippen MR) is 76.4 cm³/mol. The van der Waals surface area contributed by atoms with E-state index < -0.39 is 0 Å². The molecule has 0 saturated heterocycles. The summed E-state index contributed by atoms with van der Waals surface area (Å²) in [5, 5.41) is 0. The van der Waals surface area contributed by atoms with Crippen molar-refractivity contribution >= 4 is 0 Å². The summed E-state index contributed by atoms with van der Waals surface area (Å²) in [5.41, 5.74) is 4.20. The fourth-order valence-electron chi connectivity index (χ4n) is 1.79. The Morgan fingerprint density at radius 2 is 1.29 bits per heavy atom. The summed E-state index contributed by atoms with van der Waals surface area (Å²) in [4.78, 5) is 0. The first kappa shape index (κ1) is 13.5. The molecule has 90 valence electrons. The van der Waals surface area contributed by atoms with Crippen molar-refractivity contribution in [2.75, 3.05) is 0 Å². The van der Waals surface area contributed by atoms with Gasteiger partial charge in [0, 0.05) is 0 Å². The van der Waals surface area contributed by atoms with Gasteiger partial charge in [-0.3, -0.25) is 0 Å². The van der Waals surface area contributed by atoms with Crippen LogP contribution < -0.4 is 0 Å². The highest BCUT2D eigenvalue weighted by atomic mass is 14.0. The Labute approximate surface area is 105 Å². The number of benzene rings is 2. The van der Waals surface area contributed by atoms with E-state index >= 15 is 0 Å². The second-order valence-corrected chi connectivity index (χ2v) is 3.84. The molecular weight excluding hydrogens is 204 g/mol. The topological polar surface area (TPSA) is 0 Å². The fourth-order valence-corrected chi connectivity index (χ4v) is 1.79. The monoisotopic (exact) mass is 226 g/mol. The molecular formula is C17H22. The summed E-state index contributed by atoms with van der Waals surface area (Å²) < 4.78 is 0. The summed E-state index contributed by atoms with van der Waals surface area (Å²) in [5.74, 6) is 0. The molecule has 0 saturated carbocycles. The van der Waals surface area contributed by atoms with Crippen LogP contribution in [0.25, 0.3) is 0 Å². The van der Waals surface area contributed by atoms with Crippen molar-refractivity contribution in [3.05, 3.63) is 71.3 Å². The maximum atomic E-state index is 2.30. The first-order valence-corrected chi connectivity index (χ1v) is 6.50. The van der Waals surface area contributed by atoms with E-state index in [9.17, 15) is 0 Å². The molecule has 0 heteroatoms. The molecule has 0 bridgehead atoms. The Morgan fingerprint density at radius 3 is 1.94 bits per heavy atom. The Balaban J connectivity index is 0.000000686. The van der Waals surface area contributed by atoms with Gasteiger partial charge in [-0.15, -0.1) is 0 Å². The minimum atomic E-state index is 1.04. The van der Waals surface area contributed by atoms with Crippen molar-refractivity contribution in [2.24, 2.45) is 0 Å². The largest absolute Gasteiger partial charge is 0.0683 e. The molecule has 2 aromatic carbocycles. The molecule has 0 atom stereocenters. The molecule has 0 nitrogen and oxygen atoms in total. The first-order chi connectivity index (χ1) is 8.38. The summed E-state index contributed by atoms with van der Waals surface area (Å²) >= 11 is 0. The average molecular weight is 226 g/mol. The molecule has 0 aliphatic rings. The zero-order valence-corrected chi connectivity index (χ0v) is 11.1. The van der Waals surface area contributed by atoms with Crippen molar-refractivity contribution in [1.29, 1.82) is 0 Å². The molecule has 0 unspecified atom stereocenters. The van der Waals surface area contributed by atoms with E-state index in [0.29, 0.717) is 0 Å². The van der Waals surface area contributed by atoms with Crippen molar-refractivity contribution in [2.45, 2.75) is 33.6 Å². The van der Waals surface area contributed by atoms with Crippen LogP contribution in [0.2, 0.25) is 0 Å². The predicted octanol–water partition coefficient (Wildman–Crippen LogP) is 4.87. The van der Waals surface area contributed by atoms with E-state index in [4.69, 9.17) is 0 Å². The third kappa shape index (κ3) is 4.44. The van der Waals surface area contributed by atoms with Gasteiger partial charge < -0.3 is 0 Å². The third-order valence-electron chi connectivity index (χ3n) is 2.65. The number of hydrogen-bond donors (Lipinski definition) is 0. The fraction of sp³-hybridized carbons (Fsp3) is 0.294. The first-order valence-electron chi connectivity index (χ1n) is 6.50. The van der Waals surface area contributed by atoms with Crippen LogP contribution in [0.4, 0.5) is 0 Å². The van der Waals surface area contributed by atoms with Crippen LogP contribution >= 0.6 is 0 Å². The van der Waals surface area contributed by atoms with Gasteiger partial charge >= 0.3 is 0 Å². The highest BCUT2D eigenvalue weighted by Gasteiger charge is 1.96. The second kappa shape index (κ2) is 7.67. The maximum Gasteiger partial charge on any atom is -0.00257 e. The second-order valence-electron chi connectivity index (χ2n) is 3.84. The Morgan fingerprint density at radius 1 is 0.706 bits per heavy atom. The van der Waals surface area contributed by atoms with E-state index in [-0.39, 0.29) is 0 Å². The van der Waals surface area contributed by atoms with Gasteiger partial charge in [-0.1, -0.05) is 75.4 Å². The molecule has 0 aromatic heterocycles. The van der Waals surface area contributed by atoms with Crippen LogP contribution in [0.15, 0.2) is 54.6 Å². The van der Waals surface area contributed by atoms with Gasteiger partial charge in [-0.05, 0) is 29.5 Å². The zero-order chi connectivity index (χ0) is 12.5. The minimum absolute atomic E-state index is 1.04. The summed E-state index contributed by atoms with van der Waals surface area (Å²) in [6, 6.07) is 19.5. The standard InChI is InChI=1S/C15H16.C2H6/c1-2-13-9-6-10-15(11-13)12-14-7-4-3-5-8-14;1-2/h3-11H,2,12H2,1H3;1-2H3. The maximum absolute atomic E-state index is 2.30. The molecule has 0 N–H and O–H groups in total. The van der Waals surface area contributed by atoms with Gasteiger partial charge in [0.1, 0.15) is 0 Å². The lowest BCUT2D eigenvalue weighted by molar-refractivity contribution is 1.11. The van der Waals surface area contributed by atoms with Crippen LogP contribution in [-0.2, 0) is 12.8 Å². The third-order valence-corrected chi connectivity index (χ3v) is 2.65. The zero-order valence-electron chi connectivity index (χ0n) is 11.1. The van der Waals surface area contributed by atoms with Gasteiger partial charge in [0.2, 0.25) is 0 Å².